The minimum atomic E-state index is -0.0631. The summed E-state index contributed by atoms with van der Waals surface area (Å²) < 4.78 is 5.04. The number of carbonyl (C=O) groups is 1. The van der Waals surface area contributed by atoms with Crippen molar-refractivity contribution >= 4 is 23.2 Å². The molecule has 0 radical (unpaired) electrons. The molecule has 1 saturated carbocycles. The first-order valence-electron chi connectivity index (χ1n) is 5.99. The van der Waals surface area contributed by atoms with Gasteiger partial charge in [-0.15, -0.1) is 0 Å². The van der Waals surface area contributed by atoms with E-state index in [9.17, 15) is 4.79 Å². The maximum atomic E-state index is 12.4. The molecule has 0 heterocycles. The number of rotatable bonds is 5. The van der Waals surface area contributed by atoms with E-state index in [4.69, 9.17) is 22.1 Å². The summed E-state index contributed by atoms with van der Waals surface area (Å²) in [5.41, 5.74) is 6.63. The zero-order chi connectivity index (χ0) is 13.1. The molecule has 0 unspecified atom stereocenters. The van der Waals surface area contributed by atoms with Crippen LogP contribution in [0.15, 0.2) is 18.2 Å². The van der Waals surface area contributed by atoms with Gasteiger partial charge in [0, 0.05) is 19.7 Å². The van der Waals surface area contributed by atoms with E-state index in [0.29, 0.717) is 35.5 Å². The van der Waals surface area contributed by atoms with Crippen LogP contribution in [0.5, 0.6) is 0 Å². The van der Waals surface area contributed by atoms with Gasteiger partial charge in [-0.25, -0.2) is 0 Å². The Hall–Kier alpha value is -1.26. The largest absolute Gasteiger partial charge is 0.398 e. The van der Waals surface area contributed by atoms with E-state index in [1.807, 2.05) is 4.90 Å². The number of methoxy groups -OCH3 is 1. The van der Waals surface area contributed by atoms with Crippen LogP contribution < -0.4 is 5.73 Å². The first-order chi connectivity index (χ1) is 8.65. The van der Waals surface area contributed by atoms with Crippen molar-refractivity contribution in [1.82, 2.24) is 4.90 Å². The number of nitrogens with two attached hydrogens (primary N) is 1. The first-order valence-corrected chi connectivity index (χ1v) is 6.37. The molecule has 1 fully saturated rings. The number of nitrogen functional groups attached to an aromatic ring is 1. The molecule has 0 saturated heterocycles. The van der Waals surface area contributed by atoms with E-state index in [1.54, 1.807) is 25.3 Å². The summed E-state index contributed by atoms with van der Waals surface area (Å²) in [6.07, 6.45) is 2.10. The van der Waals surface area contributed by atoms with Gasteiger partial charge in [-0.05, 0) is 25.0 Å². The van der Waals surface area contributed by atoms with Gasteiger partial charge in [0.15, 0.2) is 0 Å². The van der Waals surface area contributed by atoms with Crippen LogP contribution in [0.3, 0.4) is 0 Å². The van der Waals surface area contributed by atoms with Crippen molar-refractivity contribution < 1.29 is 9.53 Å². The Morgan fingerprint density at radius 3 is 2.89 bits per heavy atom. The lowest BCUT2D eigenvalue weighted by molar-refractivity contribution is 0.0680. The monoisotopic (exact) mass is 268 g/mol. The molecule has 1 aliphatic carbocycles. The number of ether oxygens (including phenoxy) is 1. The summed E-state index contributed by atoms with van der Waals surface area (Å²) in [6, 6.07) is 5.47. The number of halogens is 1. The molecule has 2 N–H and O–H groups in total. The average molecular weight is 269 g/mol. The van der Waals surface area contributed by atoms with Crippen LogP contribution in [-0.2, 0) is 4.74 Å². The van der Waals surface area contributed by atoms with E-state index >= 15 is 0 Å². The van der Waals surface area contributed by atoms with Crippen molar-refractivity contribution in [1.29, 1.82) is 0 Å². The van der Waals surface area contributed by atoms with Crippen molar-refractivity contribution in [2.45, 2.75) is 18.9 Å². The molecule has 18 heavy (non-hydrogen) atoms. The van der Waals surface area contributed by atoms with Crippen molar-refractivity contribution in [3.05, 3.63) is 28.8 Å². The van der Waals surface area contributed by atoms with E-state index in [0.717, 1.165) is 12.8 Å². The van der Waals surface area contributed by atoms with Gasteiger partial charge in [0.2, 0.25) is 0 Å². The summed E-state index contributed by atoms with van der Waals surface area (Å²) in [4.78, 5) is 14.3. The van der Waals surface area contributed by atoms with Gasteiger partial charge in [-0.1, -0.05) is 17.7 Å². The molecule has 0 bridgehead atoms. The fourth-order valence-corrected chi connectivity index (χ4v) is 2.10. The summed E-state index contributed by atoms with van der Waals surface area (Å²) in [6.45, 7) is 1.12. The molecule has 2 rings (SSSR count). The number of hydrogen-bond donors (Lipinski definition) is 1. The molecule has 4 nitrogen and oxygen atoms in total. The Kier molecular flexibility index (Phi) is 4.09. The van der Waals surface area contributed by atoms with Gasteiger partial charge in [0.05, 0.1) is 22.9 Å². The zero-order valence-corrected chi connectivity index (χ0v) is 11.1. The van der Waals surface area contributed by atoms with Gasteiger partial charge in [0.1, 0.15) is 0 Å². The summed E-state index contributed by atoms with van der Waals surface area (Å²) >= 11 is 6.09. The van der Waals surface area contributed by atoms with Crippen LogP contribution in [0, 0.1) is 0 Å². The maximum Gasteiger partial charge on any atom is 0.255 e. The Morgan fingerprint density at radius 2 is 2.28 bits per heavy atom. The SMILES string of the molecule is COCCN(C(=O)c1cccc(N)c1Cl)C1CC1. The molecule has 0 aromatic heterocycles. The standard InChI is InChI=1S/C13H17ClN2O2/c1-18-8-7-16(9-5-6-9)13(17)10-3-2-4-11(15)12(10)14/h2-4,9H,5-8,15H2,1H3. The molecule has 1 aromatic carbocycles. The maximum absolute atomic E-state index is 12.4. The number of anilines is 1. The van der Waals surface area contributed by atoms with Gasteiger partial charge >= 0.3 is 0 Å². The Labute approximate surface area is 112 Å². The summed E-state index contributed by atoms with van der Waals surface area (Å²) in [5.74, 6) is -0.0631. The lowest BCUT2D eigenvalue weighted by Gasteiger charge is -2.22. The molecule has 1 amide bonds. The van der Waals surface area contributed by atoms with Crippen molar-refractivity contribution in [2.75, 3.05) is 26.0 Å². The molecule has 1 aliphatic rings. The Morgan fingerprint density at radius 1 is 1.56 bits per heavy atom. The second-order valence-electron chi connectivity index (χ2n) is 4.43. The molecule has 0 aliphatic heterocycles. The molecular weight excluding hydrogens is 252 g/mol. The summed E-state index contributed by atoms with van der Waals surface area (Å²) in [7, 11) is 1.63. The quantitative estimate of drug-likeness (QED) is 0.833. The second kappa shape index (κ2) is 5.59. The van der Waals surface area contributed by atoms with Crippen LogP contribution in [0.4, 0.5) is 5.69 Å². The number of nitrogens with zero attached hydrogens (tertiary/aromatic N) is 1. The lowest BCUT2D eigenvalue weighted by Crippen LogP contribution is -2.36. The van der Waals surface area contributed by atoms with Crippen molar-refractivity contribution in [3.8, 4) is 0 Å². The summed E-state index contributed by atoms with van der Waals surface area (Å²) in [5, 5.41) is 0.338. The molecule has 98 valence electrons. The fraction of sp³-hybridized carbons (Fsp3) is 0.462. The number of benzene rings is 1. The predicted molar refractivity (Wildman–Crippen MR) is 71.8 cm³/mol. The molecule has 0 spiro atoms. The molecule has 0 atom stereocenters. The second-order valence-corrected chi connectivity index (χ2v) is 4.81. The number of amides is 1. The van der Waals surface area contributed by atoms with Crippen LogP contribution >= 0.6 is 11.6 Å². The van der Waals surface area contributed by atoms with E-state index < -0.39 is 0 Å². The highest BCUT2D eigenvalue weighted by atomic mass is 35.5. The highest BCUT2D eigenvalue weighted by Crippen LogP contribution is 2.31. The van der Waals surface area contributed by atoms with E-state index in [2.05, 4.69) is 0 Å². The normalized spacial score (nSPS) is 14.6. The van der Waals surface area contributed by atoms with Crippen LogP contribution in [0.1, 0.15) is 23.2 Å². The highest BCUT2D eigenvalue weighted by molar-refractivity contribution is 6.36. The first kappa shape index (κ1) is 13.2. The van der Waals surface area contributed by atoms with E-state index in [-0.39, 0.29) is 5.91 Å². The van der Waals surface area contributed by atoms with Gasteiger partial charge in [-0.3, -0.25) is 4.79 Å². The van der Waals surface area contributed by atoms with Crippen molar-refractivity contribution in [2.24, 2.45) is 0 Å². The Balaban J connectivity index is 2.19. The van der Waals surface area contributed by atoms with E-state index in [1.165, 1.54) is 0 Å². The van der Waals surface area contributed by atoms with Crippen LogP contribution in [0.2, 0.25) is 5.02 Å². The lowest BCUT2D eigenvalue weighted by atomic mass is 10.1. The highest BCUT2D eigenvalue weighted by Gasteiger charge is 2.33. The molecule has 1 aromatic rings. The van der Waals surface area contributed by atoms with Crippen molar-refractivity contribution in [3.63, 3.8) is 0 Å². The smallest absolute Gasteiger partial charge is 0.255 e. The molecular formula is C13H17ClN2O2. The minimum absolute atomic E-state index is 0.0631. The van der Waals surface area contributed by atoms with Gasteiger partial charge < -0.3 is 15.4 Å². The third kappa shape index (κ3) is 2.76. The number of carbonyl (C=O) groups excluding carboxylic acids is 1. The number of hydrogen-bond acceptors (Lipinski definition) is 3. The molecule has 5 heteroatoms. The fourth-order valence-electron chi connectivity index (χ4n) is 1.90. The Bertz CT molecular complexity index is 447. The van der Waals surface area contributed by atoms with Gasteiger partial charge in [0.25, 0.3) is 5.91 Å². The topological polar surface area (TPSA) is 55.6 Å². The predicted octanol–water partition coefficient (Wildman–Crippen LogP) is 2.17. The zero-order valence-electron chi connectivity index (χ0n) is 10.4. The average Bonchev–Trinajstić information content (AvgIpc) is 3.17. The third-order valence-corrected chi connectivity index (χ3v) is 3.47. The minimum Gasteiger partial charge on any atom is -0.398 e. The van der Waals surface area contributed by atoms with Crippen LogP contribution in [0.25, 0.3) is 0 Å². The third-order valence-electron chi connectivity index (χ3n) is 3.04. The van der Waals surface area contributed by atoms with Gasteiger partial charge in [-0.2, -0.15) is 0 Å². The van der Waals surface area contributed by atoms with Crippen LogP contribution in [-0.4, -0.2) is 37.1 Å².